The number of sulfonamides is 1. The summed E-state index contributed by atoms with van der Waals surface area (Å²) in [6.07, 6.45) is 6.52. The van der Waals surface area contributed by atoms with Crippen molar-refractivity contribution in [3.63, 3.8) is 0 Å². The zero-order valence-electron chi connectivity index (χ0n) is 34.0. The summed E-state index contributed by atoms with van der Waals surface area (Å²) in [6, 6.07) is 9.01. The normalized spacial score (nSPS) is 25.9. The van der Waals surface area contributed by atoms with Crippen LogP contribution in [0.3, 0.4) is 0 Å². The van der Waals surface area contributed by atoms with Crippen molar-refractivity contribution in [1.82, 2.24) is 25.2 Å². The van der Waals surface area contributed by atoms with Crippen molar-refractivity contribution in [1.29, 1.82) is 0 Å². The number of aromatic nitrogens is 1. The molecule has 0 bridgehead atoms. The highest BCUT2D eigenvalue weighted by atomic mass is 32.2. The molecule has 0 radical (unpaired) electrons. The molecule has 3 fully saturated rings. The van der Waals surface area contributed by atoms with E-state index in [-0.39, 0.29) is 19.4 Å². The summed E-state index contributed by atoms with van der Waals surface area (Å²) in [5, 5.41) is 6.45. The quantitative estimate of drug-likeness (QED) is 0.194. The van der Waals surface area contributed by atoms with Gasteiger partial charge in [0, 0.05) is 29.2 Å². The number of aryl methyl sites for hydroxylation is 1. The Balaban J connectivity index is 1.17. The molecule has 1 saturated heterocycles. The molecule has 2 aliphatic heterocycles. The van der Waals surface area contributed by atoms with Gasteiger partial charge in [0.05, 0.1) is 24.4 Å². The Labute approximate surface area is 342 Å². The average Bonchev–Trinajstić information content (AvgIpc) is 4.08. The van der Waals surface area contributed by atoms with Crippen LogP contribution in [0.2, 0.25) is 0 Å². The Morgan fingerprint density at radius 3 is 2.58 bits per heavy atom. The summed E-state index contributed by atoms with van der Waals surface area (Å²) < 4.78 is 52.4. The van der Waals surface area contributed by atoms with E-state index in [1.807, 2.05) is 43.3 Å². The Morgan fingerprint density at radius 2 is 1.83 bits per heavy atom. The molecule has 2 saturated carbocycles. The number of carbonyl (C=O) groups is 4. The number of furan rings is 1. The molecule has 59 heavy (non-hydrogen) atoms. The number of nitrogens with one attached hydrogen (secondary N) is 3. The second-order valence-electron chi connectivity index (χ2n) is 17.3. The number of allylic oxidation sites excluding steroid dienone is 1. The molecular weight excluding hydrogens is 779 g/mol. The Bertz CT molecular complexity index is 2490. The smallest absolute Gasteiger partial charge is 0.408 e. The van der Waals surface area contributed by atoms with Gasteiger partial charge >= 0.3 is 6.09 Å². The van der Waals surface area contributed by atoms with E-state index in [0.29, 0.717) is 71.2 Å². The van der Waals surface area contributed by atoms with Gasteiger partial charge in [-0.25, -0.2) is 18.2 Å². The predicted molar refractivity (Wildman–Crippen MR) is 219 cm³/mol. The fourth-order valence-corrected chi connectivity index (χ4v) is 9.57. The van der Waals surface area contributed by atoms with Crippen LogP contribution in [0, 0.1) is 12.8 Å². The molecule has 314 valence electrons. The minimum absolute atomic E-state index is 0.0100. The zero-order chi connectivity index (χ0) is 41.9. The SMILES string of the molecule is COc1ccc2c(O[C@@H]3C[C@H]4C(=O)N[C@]5(C(=O)NS(=O)(=O)C6CC6)C[C@H]5/C=C\CCCCC[C@H](NC(=O)OC(C)(C)C)C(=O)N4C3)c3oc4ccc(C)cc4c3nc2c1. The summed E-state index contributed by atoms with van der Waals surface area (Å²) in [5.74, 6) is -1.43. The minimum atomic E-state index is -3.92. The molecule has 5 atom stereocenters. The highest BCUT2D eigenvalue weighted by molar-refractivity contribution is 7.91. The van der Waals surface area contributed by atoms with E-state index in [1.54, 1.807) is 40.0 Å². The standard InChI is InChI=1S/C43H51N5O10S/c1-24-13-18-34-30(19-24)35-37(57-34)36(29-17-14-26(55-5)20-32(29)44-35)56-27-21-33-38(49)46-43(40(51)47-59(53,54)28-15-16-28)22-25(43)11-9-7-6-8-10-12-31(39(50)48(33)23-27)45-41(52)58-42(2,3)4/h9,11,13-14,17-20,25,27-28,31,33H,6-8,10,12,15-16,21-23H2,1-5H3,(H,45,52)(H,46,49)(H,47,51)/b11-9-/t25-,27-,31+,33+,43-/m1/s1. The summed E-state index contributed by atoms with van der Waals surface area (Å²) in [7, 11) is -2.35. The molecule has 3 N–H and O–H groups in total. The molecule has 0 unspecified atom stereocenters. The molecule has 2 aliphatic carbocycles. The van der Waals surface area contributed by atoms with Crippen LogP contribution in [-0.2, 0) is 29.1 Å². The van der Waals surface area contributed by atoms with E-state index in [2.05, 4.69) is 15.4 Å². The van der Waals surface area contributed by atoms with Crippen LogP contribution >= 0.6 is 0 Å². The third kappa shape index (κ3) is 8.28. The number of amides is 4. The maximum absolute atomic E-state index is 14.7. The Morgan fingerprint density at radius 1 is 1.03 bits per heavy atom. The molecule has 8 rings (SSSR count). The summed E-state index contributed by atoms with van der Waals surface area (Å²) >= 11 is 0. The summed E-state index contributed by atoms with van der Waals surface area (Å²) in [4.78, 5) is 62.7. The number of methoxy groups -OCH3 is 1. The van der Waals surface area contributed by atoms with Crippen LogP contribution in [0.5, 0.6) is 11.5 Å². The highest BCUT2D eigenvalue weighted by Crippen LogP contribution is 2.46. The lowest BCUT2D eigenvalue weighted by atomic mass is 10.0. The minimum Gasteiger partial charge on any atom is -0.497 e. The molecule has 16 heteroatoms. The topological polar surface area (TPSA) is 195 Å². The molecular formula is C43H51N5O10S. The third-order valence-electron chi connectivity index (χ3n) is 11.5. The number of carbonyl (C=O) groups excluding carboxylic acids is 4. The zero-order valence-corrected chi connectivity index (χ0v) is 34.8. The van der Waals surface area contributed by atoms with Gasteiger partial charge in [0.25, 0.3) is 5.91 Å². The fraction of sp³-hybridized carbons (Fsp3) is 0.512. The van der Waals surface area contributed by atoms with Gasteiger partial charge in [0.15, 0.2) is 11.3 Å². The maximum Gasteiger partial charge on any atom is 0.408 e. The highest BCUT2D eigenvalue weighted by Gasteiger charge is 2.62. The number of rotatable bonds is 7. The first-order valence-electron chi connectivity index (χ1n) is 20.4. The molecule has 4 aromatic rings. The number of alkyl carbamates (subject to hydrolysis) is 1. The van der Waals surface area contributed by atoms with Gasteiger partial charge in [-0.3, -0.25) is 19.1 Å². The largest absolute Gasteiger partial charge is 0.497 e. The van der Waals surface area contributed by atoms with Gasteiger partial charge in [0.1, 0.15) is 46.2 Å². The average molecular weight is 830 g/mol. The second kappa shape index (κ2) is 15.3. The summed E-state index contributed by atoms with van der Waals surface area (Å²) in [5.41, 5.74) is 0.819. The van der Waals surface area contributed by atoms with E-state index < -0.39 is 74.3 Å². The number of fused-ring (bicyclic) bond motifs is 6. The molecule has 4 aliphatic rings. The second-order valence-corrected chi connectivity index (χ2v) is 19.3. The molecule has 2 aromatic carbocycles. The fourth-order valence-electron chi connectivity index (χ4n) is 8.21. The van der Waals surface area contributed by atoms with E-state index in [1.165, 1.54) is 4.90 Å². The van der Waals surface area contributed by atoms with Crippen LogP contribution in [0.25, 0.3) is 33.0 Å². The molecule has 2 aromatic heterocycles. The monoisotopic (exact) mass is 829 g/mol. The van der Waals surface area contributed by atoms with E-state index >= 15 is 0 Å². The van der Waals surface area contributed by atoms with Crippen LogP contribution < -0.4 is 24.8 Å². The van der Waals surface area contributed by atoms with Crippen LogP contribution in [-0.4, -0.2) is 90.3 Å². The van der Waals surface area contributed by atoms with Gasteiger partial charge in [-0.2, -0.15) is 0 Å². The van der Waals surface area contributed by atoms with Crippen LogP contribution in [0.1, 0.15) is 84.1 Å². The van der Waals surface area contributed by atoms with Gasteiger partial charge in [-0.1, -0.05) is 36.6 Å². The molecule has 15 nitrogen and oxygen atoms in total. The van der Waals surface area contributed by atoms with Crippen LogP contribution in [0.4, 0.5) is 4.79 Å². The lowest BCUT2D eigenvalue weighted by molar-refractivity contribution is -0.141. The summed E-state index contributed by atoms with van der Waals surface area (Å²) in [6.45, 7) is 7.11. The molecule has 0 spiro atoms. The molecule has 4 amide bonds. The van der Waals surface area contributed by atoms with Crippen molar-refractivity contribution < 1.29 is 46.2 Å². The number of benzene rings is 2. The predicted octanol–water partition coefficient (Wildman–Crippen LogP) is 5.70. The van der Waals surface area contributed by atoms with Gasteiger partial charge in [-0.05, 0) is 90.5 Å². The van der Waals surface area contributed by atoms with Crippen molar-refractivity contribution in [2.75, 3.05) is 13.7 Å². The van der Waals surface area contributed by atoms with Crippen molar-refractivity contribution in [2.24, 2.45) is 5.92 Å². The van der Waals surface area contributed by atoms with Gasteiger partial charge in [0.2, 0.25) is 21.8 Å². The number of hydrogen-bond donors (Lipinski definition) is 3. The first kappa shape index (κ1) is 40.4. The number of ether oxygens (including phenoxy) is 3. The number of nitrogens with zero attached hydrogens (tertiary/aromatic N) is 2. The Kier molecular flexibility index (Phi) is 10.5. The maximum atomic E-state index is 14.7. The number of hydrogen-bond acceptors (Lipinski definition) is 11. The first-order chi connectivity index (χ1) is 28.0. The number of pyridine rings is 1. The van der Waals surface area contributed by atoms with E-state index in [0.717, 1.165) is 23.8 Å². The van der Waals surface area contributed by atoms with Gasteiger partial charge < -0.3 is 34.2 Å². The van der Waals surface area contributed by atoms with Crippen LogP contribution in [0.15, 0.2) is 53.0 Å². The third-order valence-corrected chi connectivity index (χ3v) is 13.3. The van der Waals surface area contributed by atoms with Crippen molar-refractivity contribution in [3.8, 4) is 11.5 Å². The lowest BCUT2D eigenvalue weighted by Gasteiger charge is -2.30. The molecule has 4 heterocycles. The van der Waals surface area contributed by atoms with Gasteiger partial charge in [-0.15, -0.1) is 0 Å². The Hall–Kier alpha value is -5.38. The first-order valence-corrected chi connectivity index (χ1v) is 21.9. The van der Waals surface area contributed by atoms with Crippen molar-refractivity contribution in [3.05, 3.63) is 54.1 Å². The van der Waals surface area contributed by atoms with Crippen molar-refractivity contribution >= 4 is 66.8 Å². The lowest BCUT2D eigenvalue weighted by Crippen LogP contribution is -2.58. The van der Waals surface area contributed by atoms with E-state index in [9.17, 15) is 27.6 Å². The van der Waals surface area contributed by atoms with Crippen molar-refractivity contribution in [2.45, 2.75) is 120 Å². The van der Waals surface area contributed by atoms with E-state index in [4.69, 9.17) is 23.6 Å².